The van der Waals surface area contributed by atoms with Gasteiger partial charge in [-0.3, -0.25) is 4.79 Å². The maximum atomic E-state index is 12.2. The molecule has 0 saturated heterocycles. The highest BCUT2D eigenvalue weighted by molar-refractivity contribution is 5.92. The SMILES string of the molecule is COc1cc(-c2ccc(C(=O)O)cc2)cc2cc(CNC(=O)C=Cc3ccc(N)nc3)oc12. The first kappa shape index (κ1) is 21.6. The van der Waals surface area contributed by atoms with Crippen LogP contribution in [0.2, 0.25) is 0 Å². The molecule has 4 N–H and O–H groups in total. The van der Waals surface area contributed by atoms with E-state index in [1.54, 1.807) is 55.8 Å². The lowest BCUT2D eigenvalue weighted by molar-refractivity contribution is -0.116. The highest BCUT2D eigenvalue weighted by Crippen LogP contribution is 2.34. The van der Waals surface area contributed by atoms with E-state index in [2.05, 4.69) is 10.3 Å². The highest BCUT2D eigenvalue weighted by Gasteiger charge is 2.13. The largest absolute Gasteiger partial charge is 0.493 e. The Hall–Kier alpha value is -4.59. The second-order valence-electron chi connectivity index (χ2n) is 7.26. The number of anilines is 1. The van der Waals surface area contributed by atoms with E-state index in [1.165, 1.54) is 6.08 Å². The lowest BCUT2D eigenvalue weighted by Crippen LogP contribution is -2.19. The molecule has 33 heavy (non-hydrogen) atoms. The number of nitrogens with two attached hydrogens (primary N) is 1. The minimum Gasteiger partial charge on any atom is -0.493 e. The van der Waals surface area contributed by atoms with Crippen molar-refractivity contribution < 1.29 is 23.8 Å². The third-order valence-electron chi connectivity index (χ3n) is 4.99. The summed E-state index contributed by atoms with van der Waals surface area (Å²) in [5.74, 6) is 0.266. The van der Waals surface area contributed by atoms with E-state index in [9.17, 15) is 9.59 Å². The molecule has 0 unspecified atom stereocenters. The van der Waals surface area contributed by atoms with Crippen molar-refractivity contribution in [2.75, 3.05) is 12.8 Å². The fourth-order valence-electron chi connectivity index (χ4n) is 3.31. The molecule has 8 nitrogen and oxygen atoms in total. The van der Waals surface area contributed by atoms with Crippen LogP contribution in [0.3, 0.4) is 0 Å². The van der Waals surface area contributed by atoms with Gasteiger partial charge >= 0.3 is 5.97 Å². The van der Waals surface area contributed by atoms with Crippen LogP contribution in [0.25, 0.3) is 28.2 Å². The summed E-state index contributed by atoms with van der Waals surface area (Å²) < 4.78 is 11.4. The molecule has 0 aliphatic carbocycles. The van der Waals surface area contributed by atoms with Crippen molar-refractivity contribution in [1.29, 1.82) is 0 Å². The maximum absolute atomic E-state index is 12.2. The summed E-state index contributed by atoms with van der Waals surface area (Å²) in [6.07, 6.45) is 4.64. The van der Waals surface area contributed by atoms with Gasteiger partial charge in [0.25, 0.3) is 0 Å². The lowest BCUT2D eigenvalue weighted by atomic mass is 10.0. The van der Waals surface area contributed by atoms with E-state index >= 15 is 0 Å². The number of aromatic nitrogens is 1. The van der Waals surface area contributed by atoms with Gasteiger partial charge in [0.15, 0.2) is 11.3 Å². The first-order valence-corrected chi connectivity index (χ1v) is 10.0. The number of ether oxygens (including phenoxy) is 1. The van der Waals surface area contributed by atoms with Gasteiger partial charge in [-0.1, -0.05) is 12.1 Å². The smallest absolute Gasteiger partial charge is 0.335 e. The van der Waals surface area contributed by atoms with E-state index in [0.717, 1.165) is 22.1 Å². The number of nitrogens with one attached hydrogen (secondary N) is 1. The van der Waals surface area contributed by atoms with E-state index in [1.807, 2.05) is 18.2 Å². The van der Waals surface area contributed by atoms with Gasteiger partial charge in [0.1, 0.15) is 11.6 Å². The number of fused-ring (bicyclic) bond motifs is 1. The van der Waals surface area contributed by atoms with E-state index in [4.69, 9.17) is 20.0 Å². The number of carbonyl (C=O) groups excluding carboxylic acids is 1. The number of methoxy groups -OCH3 is 1. The minimum absolute atomic E-state index is 0.198. The number of amides is 1. The van der Waals surface area contributed by atoms with Gasteiger partial charge in [-0.2, -0.15) is 0 Å². The Kier molecular flexibility index (Phi) is 6.08. The highest BCUT2D eigenvalue weighted by atomic mass is 16.5. The molecule has 0 atom stereocenters. The third-order valence-corrected chi connectivity index (χ3v) is 4.99. The number of benzene rings is 2. The number of hydrogen-bond acceptors (Lipinski definition) is 6. The number of carboxylic acid groups (broad SMARTS) is 1. The topological polar surface area (TPSA) is 128 Å². The molecule has 4 rings (SSSR count). The van der Waals surface area contributed by atoms with Gasteiger partial charge in [0.05, 0.1) is 19.2 Å². The van der Waals surface area contributed by atoms with Crippen molar-refractivity contribution in [2.24, 2.45) is 0 Å². The van der Waals surface area contributed by atoms with E-state index in [-0.39, 0.29) is 18.0 Å². The Morgan fingerprint density at radius 1 is 1.12 bits per heavy atom. The number of nitrogens with zero attached hydrogens (tertiary/aromatic N) is 1. The number of carbonyl (C=O) groups is 2. The molecule has 0 spiro atoms. The number of nitrogen functional groups attached to an aromatic ring is 1. The molecule has 0 saturated carbocycles. The summed E-state index contributed by atoms with van der Waals surface area (Å²) in [5, 5.41) is 12.7. The summed E-state index contributed by atoms with van der Waals surface area (Å²) >= 11 is 0. The van der Waals surface area contributed by atoms with Crippen molar-refractivity contribution in [2.45, 2.75) is 6.54 Å². The van der Waals surface area contributed by atoms with Gasteiger partial charge < -0.3 is 25.3 Å². The van der Waals surface area contributed by atoms with Crippen LogP contribution in [0.4, 0.5) is 5.82 Å². The number of rotatable bonds is 7. The molecule has 2 aromatic heterocycles. The molecule has 0 aliphatic rings. The number of hydrogen-bond donors (Lipinski definition) is 3. The van der Waals surface area contributed by atoms with Gasteiger partial charge in [-0.25, -0.2) is 9.78 Å². The van der Waals surface area contributed by atoms with Gasteiger partial charge in [0.2, 0.25) is 5.91 Å². The van der Waals surface area contributed by atoms with Gasteiger partial charge in [0, 0.05) is 17.7 Å². The van der Waals surface area contributed by atoms with Crippen LogP contribution in [0.5, 0.6) is 5.75 Å². The summed E-state index contributed by atoms with van der Waals surface area (Å²) in [6, 6.07) is 15.6. The normalized spacial score (nSPS) is 11.1. The van der Waals surface area contributed by atoms with Crippen molar-refractivity contribution in [3.8, 4) is 16.9 Å². The molecule has 0 bridgehead atoms. The summed E-state index contributed by atoms with van der Waals surface area (Å²) in [5.41, 5.74) is 8.80. The zero-order valence-electron chi connectivity index (χ0n) is 17.7. The molecule has 1 amide bonds. The second-order valence-corrected chi connectivity index (χ2v) is 7.26. The number of furan rings is 1. The van der Waals surface area contributed by atoms with Crippen LogP contribution in [0.15, 0.2) is 71.3 Å². The van der Waals surface area contributed by atoms with Crippen molar-refractivity contribution in [3.63, 3.8) is 0 Å². The van der Waals surface area contributed by atoms with Crippen molar-refractivity contribution in [3.05, 3.63) is 83.8 Å². The Morgan fingerprint density at radius 2 is 1.91 bits per heavy atom. The molecular formula is C25H21N3O5. The fourth-order valence-corrected chi connectivity index (χ4v) is 3.31. The monoisotopic (exact) mass is 443 g/mol. The van der Waals surface area contributed by atoms with Crippen molar-refractivity contribution >= 4 is 34.7 Å². The van der Waals surface area contributed by atoms with Crippen LogP contribution < -0.4 is 15.8 Å². The van der Waals surface area contributed by atoms with Gasteiger partial charge in [-0.05, 0) is 65.2 Å². The lowest BCUT2D eigenvalue weighted by Gasteiger charge is -2.06. The Morgan fingerprint density at radius 3 is 2.58 bits per heavy atom. The molecule has 4 aromatic rings. The van der Waals surface area contributed by atoms with Crippen LogP contribution >= 0.6 is 0 Å². The van der Waals surface area contributed by atoms with Crippen molar-refractivity contribution in [1.82, 2.24) is 10.3 Å². The molecule has 2 heterocycles. The summed E-state index contributed by atoms with van der Waals surface area (Å²) in [6.45, 7) is 0.198. The van der Waals surface area contributed by atoms with Crippen LogP contribution in [0.1, 0.15) is 21.7 Å². The average Bonchev–Trinajstić information content (AvgIpc) is 3.25. The molecule has 0 aliphatic heterocycles. The third kappa shape index (κ3) is 5.01. The standard InChI is InChI=1S/C25H21N3O5/c1-32-21-12-18(16-4-6-17(7-5-16)25(30)31)10-19-11-20(33-24(19)21)14-28-23(29)9-3-15-2-8-22(26)27-13-15/h2-13H,14H2,1H3,(H2,26,27)(H,28,29)(H,30,31). The van der Waals surface area contributed by atoms with E-state index < -0.39 is 5.97 Å². The minimum atomic E-state index is -0.976. The number of aromatic carboxylic acids is 1. The quantitative estimate of drug-likeness (QED) is 0.367. The second kappa shape index (κ2) is 9.27. The summed E-state index contributed by atoms with van der Waals surface area (Å²) in [7, 11) is 1.55. The number of carboxylic acids is 1. The molecule has 0 radical (unpaired) electrons. The zero-order valence-corrected chi connectivity index (χ0v) is 17.7. The van der Waals surface area contributed by atoms with Crippen LogP contribution in [-0.4, -0.2) is 29.1 Å². The zero-order chi connectivity index (χ0) is 23.4. The molecule has 2 aromatic carbocycles. The molecule has 0 fully saturated rings. The predicted octanol–water partition coefficient (Wildman–Crippen LogP) is 4.11. The Labute approximate surface area is 189 Å². The Bertz CT molecular complexity index is 1340. The maximum Gasteiger partial charge on any atom is 0.335 e. The number of pyridine rings is 1. The van der Waals surface area contributed by atoms with Crippen LogP contribution in [0, 0.1) is 0 Å². The average molecular weight is 443 g/mol. The predicted molar refractivity (Wildman–Crippen MR) is 125 cm³/mol. The summed E-state index contributed by atoms with van der Waals surface area (Å²) in [4.78, 5) is 27.2. The first-order chi connectivity index (χ1) is 15.9. The first-order valence-electron chi connectivity index (χ1n) is 10.0. The fraction of sp³-hybridized carbons (Fsp3) is 0.0800. The molecule has 166 valence electrons. The van der Waals surface area contributed by atoms with E-state index in [0.29, 0.717) is 22.9 Å². The molecular weight excluding hydrogens is 422 g/mol. The Balaban J connectivity index is 1.50. The molecule has 8 heteroatoms. The van der Waals surface area contributed by atoms with Gasteiger partial charge in [-0.15, -0.1) is 0 Å². The van der Waals surface area contributed by atoms with Crippen LogP contribution in [-0.2, 0) is 11.3 Å².